The summed E-state index contributed by atoms with van der Waals surface area (Å²) in [4.78, 5) is 12.2. The molecule has 0 aliphatic heterocycles. The summed E-state index contributed by atoms with van der Waals surface area (Å²) in [5.41, 5.74) is 0.790. The third kappa shape index (κ3) is 4.29. The van der Waals surface area contributed by atoms with Crippen molar-refractivity contribution >= 4 is 5.78 Å². The summed E-state index contributed by atoms with van der Waals surface area (Å²) in [6, 6.07) is 9.67. The van der Waals surface area contributed by atoms with Crippen LogP contribution in [0.4, 0.5) is 0 Å². The van der Waals surface area contributed by atoms with Crippen molar-refractivity contribution in [2.45, 2.75) is 60.3 Å². The molecule has 102 valence electrons. The highest BCUT2D eigenvalue weighted by molar-refractivity contribution is 6.00. The van der Waals surface area contributed by atoms with Crippen LogP contribution in [0.15, 0.2) is 30.3 Å². The molecular weight excluding hydrogens is 220 g/mol. The maximum Gasteiger partial charge on any atom is 0.168 e. The van der Waals surface area contributed by atoms with E-state index in [4.69, 9.17) is 0 Å². The molecule has 0 amide bonds. The van der Waals surface area contributed by atoms with Crippen LogP contribution in [0.25, 0.3) is 0 Å². The number of rotatable bonds is 2. The van der Waals surface area contributed by atoms with E-state index < -0.39 is 0 Å². The van der Waals surface area contributed by atoms with Crippen molar-refractivity contribution in [1.29, 1.82) is 0 Å². The van der Waals surface area contributed by atoms with Crippen molar-refractivity contribution < 1.29 is 4.79 Å². The Kier molecular flexibility index (Phi) is 8.36. The number of ketones is 1. The van der Waals surface area contributed by atoms with Crippen LogP contribution < -0.4 is 0 Å². The van der Waals surface area contributed by atoms with Gasteiger partial charge in [-0.3, -0.25) is 4.79 Å². The lowest BCUT2D eigenvalue weighted by Gasteiger charge is -2.21. The van der Waals surface area contributed by atoms with Gasteiger partial charge in [0, 0.05) is 11.0 Å². The molecule has 0 saturated heterocycles. The van der Waals surface area contributed by atoms with Crippen LogP contribution in [-0.4, -0.2) is 5.78 Å². The topological polar surface area (TPSA) is 17.1 Å². The van der Waals surface area contributed by atoms with E-state index in [0.717, 1.165) is 18.4 Å². The molecule has 0 aromatic heterocycles. The summed E-state index contributed by atoms with van der Waals surface area (Å²) in [5.74, 6) is 0.329. The van der Waals surface area contributed by atoms with E-state index in [-0.39, 0.29) is 5.41 Å². The van der Waals surface area contributed by atoms with E-state index in [9.17, 15) is 4.79 Å². The predicted molar refractivity (Wildman–Crippen MR) is 80.0 cm³/mol. The average molecular weight is 248 g/mol. The Morgan fingerprint density at radius 3 is 1.83 bits per heavy atom. The molecule has 0 radical (unpaired) electrons. The van der Waals surface area contributed by atoms with E-state index in [2.05, 4.69) is 6.92 Å². The minimum atomic E-state index is -0.0820. The van der Waals surface area contributed by atoms with Crippen LogP contribution >= 0.6 is 0 Å². The largest absolute Gasteiger partial charge is 0.294 e. The Morgan fingerprint density at radius 2 is 1.39 bits per heavy atom. The maximum absolute atomic E-state index is 12.2. The first kappa shape index (κ1) is 16.9. The molecule has 1 aromatic rings. The van der Waals surface area contributed by atoms with Gasteiger partial charge in [-0.25, -0.2) is 0 Å². The third-order valence-electron chi connectivity index (χ3n) is 3.29. The average Bonchev–Trinajstić information content (AvgIpc) is 2.91. The standard InChI is InChI=1S/C13H16O.2C2H6/c1-13(9-5-6-10-13)12(14)11-7-3-2-4-8-11;2*1-2/h2-4,7-8H,5-6,9-10H2,1H3;2*1-2H3. The highest BCUT2D eigenvalue weighted by Crippen LogP contribution is 2.40. The molecule has 0 N–H and O–H groups in total. The number of benzene rings is 1. The fourth-order valence-corrected chi connectivity index (χ4v) is 2.32. The second kappa shape index (κ2) is 8.91. The van der Waals surface area contributed by atoms with E-state index in [0.29, 0.717) is 5.78 Å². The Balaban J connectivity index is 0.000000659. The van der Waals surface area contributed by atoms with E-state index in [1.54, 1.807) is 0 Å². The molecule has 1 saturated carbocycles. The molecule has 1 fully saturated rings. The van der Waals surface area contributed by atoms with Crippen LogP contribution in [0, 0.1) is 5.41 Å². The molecule has 1 aliphatic rings. The molecule has 1 aromatic carbocycles. The molecule has 0 atom stereocenters. The quantitative estimate of drug-likeness (QED) is 0.631. The molecule has 18 heavy (non-hydrogen) atoms. The summed E-state index contributed by atoms with van der Waals surface area (Å²) in [5, 5.41) is 0. The Morgan fingerprint density at radius 1 is 0.944 bits per heavy atom. The van der Waals surface area contributed by atoms with Gasteiger partial charge < -0.3 is 0 Å². The van der Waals surface area contributed by atoms with Gasteiger partial charge in [-0.2, -0.15) is 0 Å². The zero-order valence-electron chi connectivity index (χ0n) is 12.6. The highest BCUT2D eigenvalue weighted by atomic mass is 16.1. The lowest BCUT2D eigenvalue weighted by atomic mass is 9.81. The van der Waals surface area contributed by atoms with E-state index in [1.807, 2.05) is 58.0 Å². The number of Topliss-reactive ketones (excluding diaryl/α,β-unsaturated/α-hetero) is 1. The molecule has 0 unspecified atom stereocenters. The minimum Gasteiger partial charge on any atom is -0.294 e. The van der Waals surface area contributed by atoms with Crippen molar-refractivity contribution in [1.82, 2.24) is 0 Å². The smallest absolute Gasteiger partial charge is 0.168 e. The summed E-state index contributed by atoms with van der Waals surface area (Å²) in [6.45, 7) is 10.1. The lowest BCUT2D eigenvalue weighted by Crippen LogP contribution is -2.24. The van der Waals surface area contributed by atoms with Gasteiger partial charge in [-0.15, -0.1) is 0 Å². The Labute approximate surface area is 113 Å². The zero-order valence-corrected chi connectivity index (χ0v) is 12.6. The fraction of sp³-hybridized carbons (Fsp3) is 0.588. The number of carbonyl (C=O) groups excluding carboxylic acids is 1. The first-order valence-corrected chi connectivity index (χ1v) is 7.32. The molecule has 0 heterocycles. The van der Waals surface area contributed by atoms with Crippen molar-refractivity contribution in [3.63, 3.8) is 0 Å². The lowest BCUT2D eigenvalue weighted by molar-refractivity contribution is 0.0823. The Hall–Kier alpha value is -1.11. The molecule has 1 aliphatic carbocycles. The van der Waals surface area contributed by atoms with Crippen molar-refractivity contribution in [2.24, 2.45) is 5.41 Å². The summed E-state index contributed by atoms with van der Waals surface area (Å²) < 4.78 is 0. The number of hydrogen-bond acceptors (Lipinski definition) is 1. The molecular formula is C17H28O. The van der Waals surface area contributed by atoms with E-state index >= 15 is 0 Å². The molecule has 1 heteroatoms. The fourth-order valence-electron chi connectivity index (χ4n) is 2.32. The van der Waals surface area contributed by atoms with Crippen LogP contribution in [0.5, 0.6) is 0 Å². The van der Waals surface area contributed by atoms with Gasteiger partial charge in [0.1, 0.15) is 0 Å². The molecule has 1 nitrogen and oxygen atoms in total. The second-order valence-corrected chi connectivity index (χ2v) is 4.46. The van der Waals surface area contributed by atoms with Crippen LogP contribution in [0.3, 0.4) is 0 Å². The normalized spacial score (nSPS) is 15.8. The third-order valence-corrected chi connectivity index (χ3v) is 3.29. The summed E-state index contributed by atoms with van der Waals surface area (Å²) in [6.07, 6.45) is 4.52. The van der Waals surface area contributed by atoms with Gasteiger partial charge >= 0.3 is 0 Å². The first-order valence-electron chi connectivity index (χ1n) is 7.32. The predicted octanol–water partition coefficient (Wildman–Crippen LogP) is 5.50. The zero-order chi connectivity index (χ0) is 14.0. The SMILES string of the molecule is CC.CC.CC1(C(=O)c2ccccc2)CCCC1. The van der Waals surface area contributed by atoms with Gasteiger partial charge in [0.15, 0.2) is 5.78 Å². The van der Waals surface area contributed by atoms with Gasteiger partial charge in [0.05, 0.1) is 0 Å². The monoisotopic (exact) mass is 248 g/mol. The van der Waals surface area contributed by atoms with Gasteiger partial charge in [0.2, 0.25) is 0 Å². The van der Waals surface area contributed by atoms with Gasteiger partial charge in [-0.05, 0) is 12.8 Å². The number of hydrogen-bond donors (Lipinski definition) is 0. The van der Waals surface area contributed by atoms with Crippen LogP contribution in [-0.2, 0) is 0 Å². The highest BCUT2D eigenvalue weighted by Gasteiger charge is 2.36. The summed E-state index contributed by atoms with van der Waals surface area (Å²) >= 11 is 0. The van der Waals surface area contributed by atoms with Crippen molar-refractivity contribution in [2.75, 3.05) is 0 Å². The van der Waals surface area contributed by atoms with Crippen LogP contribution in [0.2, 0.25) is 0 Å². The molecule has 0 bridgehead atoms. The van der Waals surface area contributed by atoms with Crippen molar-refractivity contribution in [3.8, 4) is 0 Å². The Bertz CT molecular complexity index is 321. The first-order chi connectivity index (χ1) is 8.72. The maximum atomic E-state index is 12.2. The van der Waals surface area contributed by atoms with E-state index in [1.165, 1.54) is 12.8 Å². The molecule has 2 rings (SSSR count). The van der Waals surface area contributed by atoms with Gasteiger partial charge in [-0.1, -0.05) is 77.8 Å². The second-order valence-electron chi connectivity index (χ2n) is 4.46. The van der Waals surface area contributed by atoms with Crippen molar-refractivity contribution in [3.05, 3.63) is 35.9 Å². The summed E-state index contributed by atoms with van der Waals surface area (Å²) in [7, 11) is 0. The van der Waals surface area contributed by atoms with Crippen LogP contribution in [0.1, 0.15) is 70.7 Å². The number of carbonyl (C=O) groups is 1. The molecule has 0 spiro atoms. The minimum absolute atomic E-state index is 0.0820. The van der Waals surface area contributed by atoms with Gasteiger partial charge in [0.25, 0.3) is 0 Å².